The van der Waals surface area contributed by atoms with E-state index in [4.69, 9.17) is 4.98 Å². The second-order valence-corrected chi connectivity index (χ2v) is 7.08. The average Bonchev–Trinajstić information content (AvgIpc) is 2.75. The zero-order valence-corrected chi connectivity index (χ0v) is 13.3. The lowest BCUT2D eigenvalue weighted by molar-refractivity contribution is -0.0257. The molecule has 114 valence electrons. The third kappa shape index (κ3) is 2.84. The van der Waals surface area contributed by atoms with Crippen molar-refractivity contribution in [1.29, 1.82) is 0 Å². The first-order valence-corrected chi connectivity index (χ1v) is 8.11. The Balaban J connectivity index is 1.85. The number of rotatable bonds is 3. The molecule has 21 heavy (non-hydrogen) atoms. The van der Waals surface area contributed by atoms with E-state index in [-0.39, 0.29) is 0 Å². The molecule has 3 nitrogen and oxygen atoms in total. The Kier molecular flexibility index (Phi) is 3.78. The predicted molar refractivity (Wildman–Crippen MR) is 86.2 cm³/mol. The van der Waals surface area contributed by atoms with E-state index in [1.165, 1.54) is 6.42 Å². The number of aliphatic hydroxyl groups is 1. The minimum Gasteiger partial charge on any atom is -0.389 e. The van der Waals surface area contributed by atoms with Crippen LogP contribution in [-0.4, -0.2) is 20.3 Å². The van der Waals surface area contributed by atoms with Gasteiger partial charge in [0.05, 0.1) is 16.6 Å². The molecule has 0 saturated heterocycles. The van der Waals surface area contributed by atoms with Crippen molar-refractivity contribution >= 4 is 11.0 Å². The van der Waals surface area contributed by atoms with Crippen molar-refractivity contribution in [2.75, 3.05) is 0 Å². The van der Waals surface area contributed by atoms with Crippen molar-refractivity contribution in [2.45, 2.75) is 51.6 Å². The molecule has 1 saturated carbocycles. The summed E-state index contributed by atoms with van der Waals surface area (Å²) in [6.45, 7) is 4.54. The van der Waals surface area contributed by atoms with Crippen LogP contribution < -0.4 is 0 Å². The summed E-state index contributed by atoms with van der Waals surface area (Å²) in [4.78, 5) is 4.72. The summed E-state index contributed by atoms with van der Waals surface area (Å²) in [5.74, 6) is 2.29. The second kappa shape index (κ2) is 5.45. The van der Waals surface area contributed by atoms with Crippen LogP contribution in [0.1, 0.15) is 45.4 Å². The Bertz CT molecular complexity index is 631. The van der Waals surface area contributed by atoms with Crippen molar-refractivity contribution in [2.24, 2.45) is 18.9 Å². The van der Waals surface area contributed by atoms with Crippen molar-refractivity contribution in [1.82, 2.24) is 9.55 Å². The van der Waals surface area contributed by atoms with Gasteiger partial charge in [0.15, 0.2) is 0 Å². The van der Waals surface area contributed by atoms with Gasteiger partial charge in [0.1, 0.15) is 5.82 Å². The number of hydrogen-bond donors (Lipinski definition) is 1. The minimum absolute atomic E-state index is 0.581. The lowest BCUT2D eigenvalue weighted by Gasteiger charge is -2.38. The molecule has 0 spiro atoms. The Hall–Kier alpha value is -1.35. The van der Waals surface area contributed by atoms with Crippen LogP contribution in [0.25, 0.3) is 11.0 Å². The largest absolute Gasteiger partial charge is 0.389 e. The van der Waals surface area contributed by atoms with E-state index >= 15 is 0 Å². The van der Waals surface area contributed by atoms with Gasteiger partial charge in [-0.15, -0.1) is 0 Å². The van der Waals surface area contributed by atoms with E-state index < -0.39 is 5.60 Å². The van der Waals surface area contributed by atoms with Gasteiger partial charge in [-0.2, -0.15) is 0 Å². The van der Waals surface area contributed by atoms with Crippen LogP contribution in [0.15, 0.2) is 24.3 Å². The van der Waals surface area contributed by atoms with E-state index in [1.807, 2.05) is 18.2 Å². The predicted octanol–water partition coefficient (Wildman–Crippen LogP) is 3.69. The van der Waals surface area contributed by atoms with Gasteiger partial charge >= 0.3 is 0 Å². The number of aryl methyl sites for hydroxylation is 1. The standard InChI is InChI=1S/C18H26N2O/c1-13(2)14-7-6-10-18(21,11-14)12-17-19-15-8-4-5-9-16(15)20(17)3/h4-5,8-9,13-14,21H,6-7,10-12H2,1-3H3. The molecule has 2 atom stereocenters. The van der Waals surface area contributed by atoms with Crippen LogP contribution in [0.4, 0.5) is 0 Å². The highest BCUT2D eigenvalue weighted by atomic mass is 16.3. The first-order chi connectivity index (χ1) is 9.98. The lowest BCUT2D eigenvalue weighted by Crippen LogP contribution is -2.39. The molecule has 1 aromatic carbocycles. The molecular formula is C18H26N2O. The van der Waals surface area contributed by atoms with E-state index in [2.05, 4.69) is 31.5 Å². The maximum atomic E-state index is 11.0. The van der Waals surface area contributed by atoms with Crippen LogP contribution in [0.2, 0.25) is 0 Å². The highest BCUT2D eigenvalue weighted by molar-refractivity contribution is 5.75. The number of fused-ring (bicyclic) bond motifs is 1. The SMILES string of the molecule is CC(C)C1CCCC(O)(Cc2nc3ccccc3n2C)C1. The minimum atomic E-state index is -0.581. The monoisotopic (exact) mass is 286 g/mol. The molecule has 2 unspecified atom stereocenters. The van der Waals surface area contributed by atoms with Crippen molar-refractivity contribution < 1.29 is 5.11 Å². The summed E-state index contributed by atoms with van der Waals surface area (Å²) in [6.07, 6.45) is 4.86. The first kappa shape index (κ1) is 14.6. The normalized spacial score (nSPS) is 26.6. The Morgan fingerprint density at radius 2 is 2.14 bits per heavy atom. The number of hydrogen-bond acceptors (Lipinski definition) is 2. The van der Waals surface area contributed by atoms with Crippen LogP contribution in [0.5, 0.6) is 0 Å². The molecule has 1 fully saturated rings. The molecule has 1 aromatic heterocycles. The Morgan fingerprint density at radius 3 is 2.86 bits per heavy atom. The molecule has 1 heterocycles. The molecule has 1 aliphatic carbocycles. The zero-order valence-electron chi connectivity index (χ0n) is 13.3. The summed E-state index contributed by atoms with van der Waals surface area (Å²) in [7, 11) is 2.05. The van der Waals surface area contributed by atoms with E-state index in [9.17, 15) is 5.11 Å². The molecule has 2 aromatic rings. The van der Waals surface area contributed by atoms with Gasteiger partial charge in [0.25, 0.3) is 0 Å². The summed E-state index contributed by atoms with van der Waals surface area (Å²) in [6, 6.07) is 8.19. The number of benzene rings is 1. The molecule has 3 heteroatoms. The summed E-state index contributed by atoms with van der Waals surface area (Å²) >= 11 is 0. The fraction of sp³-hybridized carbons (Fsp3) is 0.611. The fourth-order valence-electron chi connectivity index (χ4n) is 3.76. The number of aromatic nitrogens is 2. The zero-order chi connectivity index (χ0) is 15.0. The molecule has 0 radical (unpaired) electrons. The number of nitrogens with zero attached hydrogens (tertiary/aromatic N) is 2. The quantitative estimate of drug-likeness (QED) is 0.934. The molecule has 1 aliphatic rings. The van der Waals surface area contributed by atoms with Crippen LogP contribution >= 0.6 is 0 Å². The smallest absolute Gasteiger partial charge is 0.112 e. The summed E-state index contributed by atoms with van der Waals surface area (Å²) < 4.78 is 2.13. The van der Waals surface area contributed by atoms with Gasteiger partial charge in [-0.1, -0.05) is 32.4 Å². The fourth-order valence-corrected chi connectivity index (χ4v) is 3.76. The molecular weight excluding hydrogens is 260 g/mol. The van der Waals surface area contributed by atoms with Gasteiger partial charge in [0, 0.05) is 13.5 Å². The van der Waals surface area contributed by atoms with Crippen molar-refractivity contribution in [3.05, 3.63) is 30.1 Å². The van der Waals surface area contributed by atoms with Crippen LogP contribution in [-0.2, 0) is 13.5 Å². The highest BCUT2D eigenvalue weighted by Crippen LogP contribution is 2.38. The maximum absolute atomic E-state index is 11.0. The van der Waals surface area contributed by atoms with Gasteiger partial charge in [-0.3, -0.25) is 0 Å². The van der Waals surface area contributed by atoms with Gasteiger partial charge in [0.2, 0.25) is 0 Å². The molecule has 1 N–H and O–H groups in total. The summed E-state index contributed by atoms with van der Waals surface area (Å²) in [5.41, 5.74) is 1.59. The van der Waals surface area contributed by atoms with E-state index in [0.717, 1.165) is 36.1 Å². The van der Waals surface area contributed by atoms with E-state index in [0.29, 0.717) is 18.3 Å². The van der Waals surface area contributed by atoms with Crippen molar-refractivity contribution in [3.63, 3.8) is 0 Å². The number of imidazole rings is 1. The third-order valence-electron chi connectivity index (χ3n) is 5.17. The lowest BCUT2D eigenvalue weighted by atomic mass is 9.72. The third-order valence-corrected chi connectivity index (χ3v) is 5.17. The molecule has 0 bridgehead atoms. The van der Waals surface area contributed by atoms with Gasteiger partial charge < -0.3 is 9.67 Å². The Morgan fingerprint density at radius 1 is 1.38 bits per heavy atom. The molecule has 0 aliphatic heterocycles. The number of para-hydroxylation sites is 2. The van der Waals surface area contributed by atoms with Crippen LogP contribution in [0, 0.1) is 11.8 Å². The van der Waals surface area contributed by atoms with E-state index in [1.54, 1.807) is 0 Å². The Labute approximate surface area is 127 Å². The first-order valence-electron chi connectivity index (χ1n) is 8.11. The average molecular weight is 286 g/mol. The molecule has 3 rings (SSSR count). The van der Waals surface area contributed by atoms with Crippen molar-refractivity contribution in [3.8, 4) is 0 Å². The topological polar surface area (TPSA) is 38.1 Å². The maximum Gasteiger partial charge on any atom is 0.112 e. The van der Waals surface area contributed by atoms with Gasteiger partial charge in [-0.05, 0) is 43.2 Å². The summed E-state index contributed by atoms with van der Waals surface area (Å²) in [5, 5.41) is 11.0. The highest BCUT2D eigenvalue weighted by Gasteiger charge is 2.36. The second-order valence-electron chi connectivity index (χ2n) is 7.08. The molecule has 0 amide bonds. The van der Waals surface area contributed by atoms with Gasteiger partial charge in [-0.25, -0.2) is 4.98 Å². The van der Waals surface area contributed by atoms with Crippen LogP contribution in [0.3, 0.4) is 0 Å².